The third kappa shape index (κ3) is 2.55. The highest BCUT2D eigenvalue weighted by atomic mass is 19.4. The fraction of sp³-hybridized carbons (Fsp3) is 0.538. The summed E-state index contributed by atoms with van der Waals surface area (Å²) in [4.78, 5) is 6.27. The van der Waals surface area contributed by atoms with Crippen LogP contribution in [0.15, 0.2) is 18.5 Å². The zero-order valence-electron chi connectivity index (χ0n) is 11.3. The largest absolute Gasteiger partial charge is 0.435 e. The van der Waals surface area contributed by atoms with Crippen LogP contribution in [0.25, 0.3) is 5.52 Å². The summed E-state index contributed by atoms with van der Waals surface area (Å²) in [6.07, 6.45) is 1.43. The molecular formula is C13H16F3N5. The van der Waals surface area contributed by atoms with E-state index in [0.717, 1.165) is 31.9 Å². The van der Waals surface area contributed by atoms with E-state index < -0.39 is 11.9 Å². The Morgan fingerprint density at radius 1 is 1.33 bits per heavy atom. The van der Waals surface area contributed by atoms with Crippen molar-refractivity contribution in [3.63, 3.8) is 0 Å². The molecule has 0 bridgehead atoms. The predicted molar refractivity (Wildman–Crippen MR) is 72.0 cm³/mol. The van der Waals surface area contributed by atoms with Gasteiger partial charge in [-0.1, -0.05) is 0 Å². The summed E-state index contributed by atoms with van der Waals surface area (Å²) < 4.78 is 39.7. The van der Waals surface area contributed by atoms with Crippen LogP contribution < -0.4 is 10.6 Å². The van der Waals surface area contributed by atoms with E-state index in [0.29, 0.717) is 17.9 Å². The Hall–Kier alpha value is -1.83. The Labute approximate surface area is 119 Å². The molecule has 0 saturated carbocycles. The fourth-order valence-electron chi connectivity index (χ4n) is 2.79. The van der Waals surface area contributed by atoms with Crippen molar-refractivity contribution in [3.05, 3.63) is 24.2 Å². The first-order chi connectivity index (χ1) is 10.0. The molecule has 0 spiro atoms. The number of halogens is 3. The van der Waals surface area contributed by atoms with Crippen molar-refractivity contribution in [1.29, 1.82) is 0 Å². The molecule has 0 aromatic carbocycles. The second-order valence-electron chi connectivity index (χ2n) is 5.19. The van der Waals surface area contributed by atoms with Crippen LogP contribution in [0.5, 0.6) is 0 Å². The zero-order chi connectivity index (χ0) is 15.0. The molecule has 1 aliphatic rings. The van der Waals surface area contributed by atoms with E-state index in [9.17, 15) is 13.2 Å². The SMILES string of the molecule is NCC1CCCCN1c1nccn2nc(C(F)(F)F)cc12. The molecule has 1 atom stereocenters. The van der Waals surface area contributed by atoms with Gasteiger partial charge in [0.25, 0.3) is 0 Å². The van der Waals surface area contributed by atoms with Gasteiger partial charge in [0.2, 0.25) is 0 Å². The molecule has 2 aromatic rings. The van der Waals surface area contributed by atoms with Crippen molar-refractivity contribution >= 4 is 11.3 Å². The molecule has 3 heterocycles. The maximum Gasteiger partial charge on any atom is 0.435 e. The van der Waals surface area contributed by atoms with E-state index in [1.807, 2.05) is 4.90 Å². The zero-order valence-corrected chi connectivity index (χ0v) is 11.3. The number of alkyl halides is 3. The molecule has 1 saturated heterocycles. The van der Waals surface area contributed by atoms with Crippen molar-refractivity contribution < 1.29 is 13.2 Å². The number of rotatable bonds is 2. The Bertz CT molecular complexity index is 636. The van der Waals surface area contributed by atoms with E-state index in [1.165, 1.54) is 16.9 Å². The van der Waals surface area contributed by atoms with Gasteiger partial charge in [-0.2, -0.15) is 18.3 Å². The van der Waals surface area contributed by atoms with Gasteiger partial charge in [0.1, 0.15) is 5.52 Å². The molecule has 1 unspecified atom stereocenters. The summed E-state index contributed by atoms with van der Waals surface area (Å²) >= 11 is 0. The lowest BCUT2D eigenvalue weighted by molar-refractivity contribution is -0.141. The van der Waals surface area contributed by atoms with Crippen molar-refractivity contribution in [2.45, 2.75) is 31.5 Å². The second-order valence-corrected chi connectivity index (χ2v) is 5.19. The molecule has 1 aliphatic heterocycles. The molecule has 8 heteroatoms. The molecule has 0 aliphatic carbocycles. The summed E-state index contributed by atoms with van der Waals surface area (Å²) in [5, 5.41) is 3.58. The molecule has 1 fully saturated rings. The van der Waals surface area contributed by atoms with E-state index in [1.54, 1.807) is 0 Å². The minimum Gasteiger partial charge on any atom is -0.351 e. The summed E-state index contributed by atoms with van der Waals surface area (Å²) in [6.45, 7) is 1.21. The molecule has 3 rings (SSSR count). The van der Waals surface area contributed by atoms with Gasteiger partial charge >= 0.3 is 6.18 Å². The fourth-order valence-corrected chi connectivity index (χ4v) is 2.79. The van der Waals surface area contributed by atoms with Crippen molar-refractivity contribution in [3.8, 4) is 0 Å². The van der Waals surface area contributed by atoms with Gasteiger partial charge in [0.05, 0.1) is 0 Å². The van der Waals surface area contributed by atoms with Crippen LogP contribution in [-0.4, -0.2) is 33.7 Å². The van der Waals surface area contributed by atoms with Gasteiger partial charge in [0, 0.05) is 37.6 Å². The molecule has 114 valence electrons. The molecule has 5 nitrogen and oxygen atoms in total. The number of piperidine rings is 1. The molecule has 0 amide bonds. The third-order valence-electron chi connectivity index (χ3n) is 3.83. The molecule has 21 heavy (non-hydrogen) atoms. The Balaban J connectivity index is 2.07. The summed E-state index contributed by atoms with van der Waals surface area (Å²) in [5.74, 6) is 0.524. The number of hydrogen-bond acceptors (Lipinski definition) is 4. The highest BCUT2D eigenvalue weighted by Crippen LogP contribution is 2.32. The Morgan fingerprint density at radius 2 is 2.14 bits per heavy atom. The maximum absolute atomic E-state index is 12.8. The van der Waals surface area contributed by atoms with E-state index in [2.05, 4.69) is 10.1 Å². The van der Waals surface area contributed by atoms with Crippen LogP contribution >= 0.6 is 0 Å². The molecule has 2 N–H and O–H groups in total. The average Bonchev–Trinajstić information content (AvgIpc) is 2.91. The van der Waals surface area contributed by atoms with Crippen LogP contribution in [0, 0.1) is 0 Å². The number of hydrogen-bond donors (Lipinski definition) is 1. The van der Waals surface area contributed by atoms with Crippen molar-refractivity contribution in [1.82, 2.24) is 14.6 Å². The highest BCUT2D eigenvalue weighted by molar-refractivity contribution is 5.69. The lowest BCUT2D eigenvalue weighted by Gasteiger charge is -2.36. The number of nitrogens with two attached hydrogens (primary N) is 1. The van der Waals surface area contributed by atoms with Gasteiger partial charge in [-0.05, 0) is 19.3 Å². The lowest BCUT2D eigenvalue weighted by Crippen LogP contribution is -2.44. The van der Waals surface area contributed by atoms with E-state index >= 15 is 0 Å². The average molecular weight is 299 g/mol. The van der Waals surface area contributed by atoms with Crippen molar-refractivity contribution in [2.75, 3.05) is 18.0 Å². The monoisotopic (exact) mass is 299 g/mol. The Morgan fingerprint density at radius 3 is 2.86 bits per heavy atom. The van der Waals surface area contributed by atoms with Gasteiger partial charge in [-0.25, -0.2) is 9.50 Å². The van der Waals surface area contributed by atoms with Crippen LogP contribution in [0.1, 0.15) is 25.0 Å². The maximum atomic E-state index is 12.8. The van der Waals surface area contributed by atoms with Gasteiger partial charge in [0.15, 0.2) is 11.5 Å². The van der Waals surface area contributed by atoms with Crippen LogP contribution in [0.3, 0.4) is 0 Å². The predicted octanol–water partition coefficient (Wildman–Crippen LogP) is 2.07. The standard InChI is InChI=1S/C13H16F3N5/c14-13(15,16)11-7-10-12(18-4-6-21(10)19-11)20-5-2-1-3-9(20)8-17/h4,6-7,9H,1-3,5,8,17H2. The smallest absolute Gasteiger partial charge is 0.351 e. The molecule has 0 radical (unpaired) electrons. The molecule has 2 aromatic heterocycles. The van der Waals surface area contributed by atoms with Crippen LogP contribution in [0.2, 0.25) is 0 Å². The van der Waals surface area contributed by atoms with Gasteiger partial charge in [-0.15, -0.1) is 0 Å². The number of nitrogens with zero attached hydrogens (tertiary/aromatic N) is 4. The summed E-state index contributed by atoms with van der Waals surface area (Å²) in [5.41, 5.74) is 5.24. The van der Waals surface area contributed by atoms with Crippen LogP contribution in [-0.2, 0) is 6.18 Å². The number of aromatic nitrogens is 3. The van der Waals surface area contributed by atoms with E-state index in [-0.39, 0.29) is 6.04 Å². The number of fused-ring (bicyclic) bond motifs is 1. The minimum atomic E-state index is -4.46. The quantitative estimate of drug-likeness (QED) is 0.922. The Kier molecular flexibility index (Phi) is 3.48. The van der Waals surface area contributed by atoms with Crippen LogP contribution in [0.4, 0.5) is 19.0 Å². The van der Waals surface area contributed by atoms with Crippen molar-refractivity contribution in [2.24, 2.45) is 5.73 Å². The third-order valence-corrected chi connectivity index (χ3v) is 3.83. The second kappa shape index (κ2) is 5.18. The summed E-state index contributed by atoms with van der Waals surface area (Å²) in [7, 11) is 0. The summed E-state index contributed by atoms with van der Waals surface area (Å²) in [6, 6.07) is 1.16. The highest BCUT2D eigenvalue weighted by Gasteiger charge is 2.35. The first-order valence-corrected chi connectivity index (χ1v) is 6.89. The first-order valence-electron chi connectivity index (χ1n) is 6.89. The van der Waals surface area contributed by atoms with Gasteiger partial charge < -0.3 is 10.6 Å². The normalized spacial score (nSPS) is 20.2. The van der Waals surface area contributed by atoms with E-state index in [4.69, 9.17) is 5.73 Å². The minimum absolute atomic E-state index is 0.113. The lowest BCUT2D eigenvalue weighted by atomic mass is 10.0. The van der Waals surface area contributed by atoms with Gasteiger partial charge in [-0.3, -0.25) is 0 Å². The first kappa shape index (κ1) is 14.1. The number of anilines is 1. The molecular weight excluding hydrogens is 283 g/mol. The topological polar surface area (TPSA) is 59.5 Å².